The monoisotopic (exact) mass is 349 g/mol. The number of carbonyl (C=O) groups is 2. The number of hydrogen-bond acceptors (Lipinski definition) is 5. The summed E-state index contributed by atoms with van der Waals surface area (Å²) >= 11 is 0. The summed E-state index contributed by atoms with van der Waals surface area (Å²) in [7, 11) is 3.10. The second-order valence-electron chi connectivity index (χ2n) is 6.04. The van der Waals surface area contributed by atoms with Crippen LogP contribution in [0.2, 0.25) is 0 Å². The van der Waals surface area contributed by atoms with Crippen molar-refractivity contribution in [2.45, 2.75) is 39.8 Å². The standard InChI is InChI=1S/C19H27NO5/c1-13(2)20(14(3)4)18(21)12-25-19(22)10-8-15-7-9-16(23-5)17(11-15)24-6/h7-11,13-14H,12H2,1-6H3. The lowest BCUT2D eigenvalue weighted by molar-refractivity contribution is -0.150. The topological polar surface area (TPSA) is 65.1 Å². The predicted molar refractivity (Wildman–Crippen MR) is 96.7 cm³/mol. The molecular weight excluding hydrogens is 322 g/mol. The van der Waals surface area contributed by atoms with Crippen LogP contribution in [-0.2, 0) is 14.3 Å². The molecule has 1 rings (SSSR count). The molecule has 0 saturated carbocycles. The van der Waals surface area contributed by atoms with E-state index in [1.165, 1.54) is 6.08 Å². The molecule has 0 spiro atoms. The Morgan fingerprint density at radius 1 is 1.04 bits per heavy atom. The van der Waals surface area contributed by atoms with Gasteiger partial charge in [-0.1, -0.05) is 6.07 Å². The van der Waals surface area contributed by atoms with Crippen LogP contribution in [0.15, 0.2) is 24.3 Å². The molecule has 0 aliphatic heterocycles. The van der Waals surface area contributed by atoms with Crippen molar-refractivity contribution >= 4 is 18.0 Å². The fraction of sp³-hybridized carbons (Fsp3) is 0.474. The van der Waals surface area contributed by atoms with Crippen molar-refractivity contribution in [1.82, 2.24) is 4.90 Å². The van der Waals surface area contributed by atoms with Gasteiger partial charge in [-0.2, -0.15) is 0 Å². The van der Waals surface area contributed by atoms with Gasteiger partial charge >= 0.3 is 5.97 Å². The lowest BCUT2D eigenvalue weighted by Crippen LogP contribution is -2.44. The third-order valence-corrected chi connectivity index (χ3v) is 3.56. The normalized spacial score (nSPS) is 11.0. The number of nitrogens with zero attached hydrogens (tertiary/aromatic N) is 1. The average molecular weight is 349 g/mol. The highest BCUT2D eigenvalue weighted by Gasteiger charge is 2.20. The van der Waals surface area contributed by atoms with Gasteiger partial charge in [-0.3, -0.25) is 4.79 Å². The zero-order valence-corrected chi connectivity index (χ0v) is 15.7. The molecule has 6 heteroatoms. The van der Waals surface area contributed by atoms with Crippen molar-refractivity contribution in [3.63, 3.8) is 0 Å². The van der Waals surface area contributed by atoms with Crippen molar-refractivity contribution in [2.24, 2.45) is 0 Å². The van der Waals surface area contributed by atoms with E-state index in [4.69, 9.17) is 14.2 Å². The molecule has 25 heavy (non-hydrogen) atoms. The van der Waals surface area contributed by atoms with E-state index >= 15 is 0 Å². The van der Waals surface area contributed by atoms with E-state index in [9.17, 15) is 9.59 Å². The molecule has 0 radical (unpaired) electrons. The van der Waals surface area contributed by atoms with Gasteiger partial charge in [0, 0.05) is 18.2 Å². The summed E-state index contributed by atoms with van der Waals surface area (Å²) in [6.07, 6.45) is 2.88. The molecule has 0 aliphatic rings. The van der Waals surface area contributed by atoms with E-state index in [0.717, 1.165) is 5.56 Å². The lowest BCUT2D eigenvalue weighted by atomic mass is 10.2. The van der Waals surface area contributed by atoms with Crippen LogP contribution in [0.25, 0.3) is 6.08 Å². The van der Waals surface area contributed by atoms with Crippen molar-refractivity contribution in [3.05, 3.63) is 29.8 Å². The summed E-state index contributed by atoms with van der Waals surface area (Å²) in [6.45, 7) is 7.44. The summed E-state index contributed by atoms with van der Waals surface area (Å²) in [5.41, 5.74) is 0.756. The largest absolute Gasteiger partial charge is 0.493 e. The average Bonchev–Trinajstić information content (AvgIpc) is 2.57. The Hall–Kier alpha value is -2.50. The van der Waals surface area contributed by atoms with E-state index in [2.05, 4.69) is 0 Å². The predicted octanol–water partition coefficient (Wildman–Crippen LogP) is 2.91. The Kier molecular flexibility index (Phi) is 7.98. The van der Waals surface area contributed by atoms with Gasteiger partial charge in [0.2, 0.25) is 0 Å². The summed E-state index contributed by atoms with van der Waals surface area (Å²) in [4.78, 5) is 25.7. The van der Waals surface area contributed by atoms with Crippen LogP contribution in [0.3, 0.4) is 0 Å². The Bertz CT molecular complexity index is 614. The van der Waals surface area contributed by atoms with Crippen molar-refractivity contribution in [1.29, 1.82) is 0 Å². The molecule has 0 bridgehead atoms. The number of carbonyl (C=O) groups excluding carboxylic acids is 2. The van der Waals surface area contributed by atoms with Crippen molar-refractivity contribution < 1.29 is 23.8 Å². The maximum atomic E-state index is 12.2. The number of rotatable bonds is 8. The highest BCUT2D eigenvalue weighted by molar-refractivity contribution is 5.89. The molecule has 1 amide bonds. The Balaban J connectivity index is 2.65. The highest BCUT2D eigenvalue weighted by Crippen LogP contribution is 2.27. The molecule has 0 aromatic heterocycles. The summed E-state index contributed by atoms with van der Waals surface area (Å²) in [5, 5.41) is 0. The zero-order valence-electron chi connectivity index (χ0n) is 15.7. The molecule has 0 atom stereocenters. The van der Waals surface area contributed by atoms with Crippen LogP contribution in [0.1, 0.15) is 33.3 Å². The number of esters is 1. The van der Waals surface area contributed by atoms with Crippen LogP contribution in [-0.4, -0.2) is 49.7 Å². The minimum absolute atomic E-state index is 0.0495. The fourth-order valence-electron chi connectivity index (χ4n) is 2.55. The first kappa shape index (κ1) is 20.5. The van der Waals surface area contributed by atoms with Crippen molar-refractivity contribution in [2.75, 3.05) is 20.8 Å². The number of ether oxygens (including phenoxy) is 3. The van der Waals surface area contributed by atoms with Crippen LogP contribution < -0.4 is 9.47 Å². The molecule has 6 nitrogen and oxygen atoms in total. The van der Waals surface area contributed by atoms with Gasteiger partial charge in [-0.05, 0) is 51.5 Å². The molecule has 0 unspecified atom stereocenters. The molecule has 0 saturated heterocycles. The smallest absolute Gasteiger partial charge is 0.331 e. The number of methoxy groups -OCH3 is 2. The number of amides is 1. The lowest BCUT2D eigenvalue weighted by Gasteiger charge is -2.30. The van der Waals surface area contributed by atoms with Gasteiger partial charge in [0.25, 0.3) is 5.91 Å². The molecule has 1 aromatic rings. The minimum Gasteiger partial charge on any atom is -0.493 e. The first-order valence-corrected chi connectivity index (χ1v) is 8.18. The highest BCUT2D eigenvalue weighted by atomic mass is 16.5. The Morgan fingerprint density at radius 3 is 2.16 bits per heavy atom. The van der Waals surface area contributed by atoms with E-state index in [0.29, 0.717) is 11.5 Å². The summed E-state index contributed by atoms with van der Waals surface area (Å²) < 4.78 is 15.4. The Labute approximate surface area is 149 Å². The fourth-order valence-corrected chi connectivity index (χ4v) is 2.55. The van der Waals surface area contributed by atoms with Gasteiger partial charge in [0.15, 0.2) is 18.1 Å². The quantitative estimate of drug-likeness (QED) is 0.533. The summed E-state index contributed by atoms with van der Waals surface area (Å²) in [5.74, 6) is 0.390. The van der Waals surface area contributed by atoms with Gasteiger partial charge in [-0.15, -0.1) is 0 Å². The Morgan fingerprint density at radius 2 is 1.64 bits per heavy atom. The third kappa shape index (κ3) is 6.14. The minimum atomic E-state index is -0.574. The molecule has 0 aliphatic carbocycles. The maximum absolute atomic E-state index is 12.2. The number of benzene rings is 1. The molecule has 138 valence electrons. The molecular formula is C19H27NO5. The first-order valence-electron chi connectivity index (χ1n) is 8.18. The van der Waals surface area contributed by atoms with Gasteiger partial charge in [0.1, 0.15) is 0 Å². The van der Waals surface area contributed by atoms with Crippen molar-refractivity contribution in [3.8, 4) is 11.5 Å². The second kappa shape index (κ2) is 9.71. The number of hydrogen-bond donors (Lipinski definition) is 0. The first-order chi connectivity index (χ1) is 11.8. The summed E-state index contributed by atoms with van der Waals surface area (Å²) in [6, 6.07) is 5.38. The van der Waals surface area contributed by atoms with E-state index < -0.39 is 5.97 Å². The van der Waals surface area contributed by atoms with Crippen LogP contribution in [0.4, 0.5) is 0 Å². The van der Waals surface area contributed by atoms with Gasteiger partial charge < -0.3 is 19.1 Å². The van der Waals surface area contributed by atoms with E-state index in [1.54, 1.807) is 43.4 Å². The maximum Gasteiger partial charge on any atom is 0.331 e. The van der Waals surface area contributed by atoms with Crippen LogP contribution in [0.5, 0.6) is 11.5 Å². The molecule has 0 fully saturated rings. The molecule has 0 heterocycles. The second-order valence-corrected chi connectivity index (χ2v) is 6.04. The van der Waals surface area contributed by atoms with E-state index in [-0.39, 0.29) is 24.6 Å². The van der Waals surface area contributed by atoms with Gasteiger partial charge in [-0.25, -0.2) is 4.79 Å². The van der Waals surface area contributed by atoms with E-state index in [1.807, 2.05) is 27.7 Å². The third-order valence-electron chi connectivity index (χ3n) is 3.56. The molecule has 0 N–H and O–H groups in total. The SMILES string of the molecule is COc1ccc(C=CC(=O)OCC(=O)N(C(C)C)C(C)C)cc1OC. The van der Waals surface area contributed by atoms with Gasteiger partial charge in [0.05, 0.1) is 14.2 Å². The zero-order chi connectivity index (χ0) is 19.0. The van der Waals surface area contributed by atoms with Crippen LogP contribution >= 0.6 is 0 Å². The molecule has 1 aromatic carbocycles. The van der Waals surface area contributed by atoms with Crippen LogP contribution in [0, 0.1) is 0 Å².